The fourth-order valence-electron chi connectivity index (χ4n) is 3.71. The number of anilines is 2. The number of nitrogens with one attached hydrogen (secondary N) is 3. The second-order valence-electron chi connectivity index (χ2n) is 7.50. The van der Waals surface area contributed by atoms with Gasteiger partial charge in [-0.05, 0) is 54.8 Å². The molecule has 1 saturated heterocycles. The summed E-state index contributed by atoms with van der Waals surface area (Å²) in [7, 11) is -3.35. The summed E-state index contributed by atoms with van der Waals surface area (Å²) in [5.41, 5.74) is 1.55. The maximum atomic E-state index is 12.7. The van der Waals surface area contributed by atoms with Gasteiger partial charge >= 0.3 is 6.03 Å². The summed E-state index contributed by atoms with van der Waals surface area (Å²) in [4.78, 5) is 36.4. The molecule has 0 aromatic heterocycles. The maximum absolute atomic E-state index is 12.7. The molecule has 2 aliphatic rings. The number of fused-ring (bicyclic) bond motifs is 1. The normalized spacial score (nSPS) is 20.5. The third kappa shape index (κ3) is 3.39. The Balaban J connectivity index is 1.56. The number of amides is 4. The molecule has 1 fully saturated rings. The first kappa shape index (κ1) is 19.9. The number of rotatable bonds is 4. The molecule has 2 aromatic rings. The molecule has 10 heteroatoms. The summed E-state index contributed by atoms with van der Waals surface area (Å²) in [6.45, 7) is 1.94. The molecule has 30 heavy (non-hydrogen) atoms. The van der Waals surface area contributed by atoms with E-state index >= 15 is 0 Å². The van der Waals surface area contributed by atoms with E-state index in [0.717, 1.165) is 11.8 Å². The zero-order valence-corrected chi connectivity index (χ0v) is 17.2. The number of hydrogen-bond donors (Lipinski definition) is 3. The Morgan fingerprint density at radius 3 is 2.60 bits per heavy atom. The molecule has 0 saturated carbocycles. The number of urea groups is 1. The van der Waals surface area contributed by atoms with Crippen molar-refractivity contribution in [3.63, 3.8) is 0 Å². The van der Waals surface area contributed by atoms with Crippen LogP contribution in [-0.2, 0) is 26.8 Å². The predicted octanol–water partition coefficient (Wildman–Crippen LogP) is 1.32. The lowest BCUT2D eigenvalue weighted by Gasteiger charge is -2.21. The molecule has 4 rings (SSSR count). The van der Waals surface area contributed by atoms with Crippen LogP contribution in [0.5, 0.6) is 0 Å². The van der Waals surface area contributed by atoms with Crippen molar-refractivity contribution in [1.29, 1.82) is 0 Å². The number of imide groups is 1. The third-order valence-corrected chi connectivity index (χ3v) is 6.52. The van der Waals surface area contributed by atoms with Crippen LogP contribution in [0.15, 0.2) is 42.5 Å². The van der Waals surface area contributed by atoms with Crippen LogP contribution in [0.1, 0.15) is 28.4 Å². The van der Waals surface area contributed by atoms with Gasteiger partial charge in [0.1, 0.15) is 5.54 Å². The molecule has 3 N–H and O–H groups in total. The van der Waals surface area contributed by atoms with E-state index in [-0.39, 0.29) is 5.91 Å². The van der Waals surface area contributed by atoms with Crippen molar-refractivity contribution in [3.8, 4) is 0 Å². The van der Waals surface area contributed by atoms with E-state index in [1.807, 2.05) is 0 Å². The average Bonchev–Trinajstić information content (AvgIpc) is 3.22. The molecular weight excluding hydrogens is 408 g/mol. The quantitative estimate of drug-likeness (QED) is 0.634. The second kappa shape index (κ2) is 6.84. The second-order valence-corrected chi connectivity index (χ2v) is 9.40. The standard InChI is InChI=1S/C20H20N4O5S/c1-20(18(26)22-19(27)23-20)14-4-3-5-15(11-14)21-17(25)13-6-7-16-12(10-13)8-9-24(16)30(2,28)29/h3-7,10-11H,8-9H2,1-2H3,(H,21,25)(H2,22,23,26,27)/t20-/m0/s1. The predicted molar refractivity (Wildman–Crippen MR) is 111 cm³/mol. The van der Waals surface area contributed by atoms with Gasteiger partial charge in [-0.15, -0.1) is 0 Å². The highest BCUT2D eigenvalue weighted by molar-refractivity contribution is 7.92. The Morgan fingerprint density at radius 1 is 1.17 bits per heavy atom. The summed E-state index contributed by atoms with van der Waals surface area (Å²) in [5, 5.41) is 7.58. The first-order valence-electron chi connectivity index (χ1n) is 9.24. The van der Waals surface area contributed by atoms with E-state index in [0.29, 0.717) is 35.5 Å². The van der Waals surface area contributed by atoms with Gasteiger partial charge < -0.3 is 10.6 Å². The van der Waals surface area contributed by atoms with E-state index in [2.05, 4.69) is 16.0 Å². The van der Waals surface area contributed by atoms with E-state index < -0.39 is 27.5 Å². The van der Waals surface area contributed by atoms with Crippen LogP contribution >= 0.6 is 0 Å². The molecular formula is C20H20N4O5S. The molecule has 0 spiro atoms. The van der Waals surface area contributed by atoms with E-state index in [4.69, 9.17) is 0 Å². The van der Waals surface area contributed by atoms with Gasteiger partial charge in [-0.3, -0.25) is 19.2 Å². The molecule has 2 aromatic carbocycles. The Labute approximate surface area is 173 Å². The number of benzene rings is 2. The number of carbonyl (C=O) groups excluding carboxylic acids is 3. The van der Waals surface area contributed by atoms with Gasteiger partial charge in [-0.2, -0.15) is 0 Å². The van der Waals surface area contributed by atoms with Crippen molar-refractivity contribution in [1.82, 2.24) is 10.6 Å². The summed E-state index contributed by atoms with van der Waals surface area (Å²) in [6, 6.07) is 11.0. The first-order chi connectivity index (χ1) is 14.1. The Hall–Kier alpha value is -3.40. The Kier molecular flexibility index (Phi) is 4.53. The average molecular weight is 428 g/mol. The van der Waals surface area contributed by atoms with Crippen molar-refractivity contribution < 1.29 is 22.8 Å². The molecule has 9 nitrogen and oxygen atoms in total. The molecule has 4 amide bonds. The van der Waals surface area contributed by atoms with Crippen molar-refractivity contribution in [2.45, 2.75) is 18.9 Å². The zero-order valence-electron chi connectivity index (χ0n) is 16.4. The lowest BCUT2D eigenvalue weighted by Crippen LogP contribution is -2.40. The fraction of sp³-hybridized carbons (Fsp3) is 0.250. The molecule has 0 radical (unpaired) electrons. The fourth-order valence-corrected chi connectivity index (χ4v) is 4.67. The Morgan fingerprint density at radius 2 is 1.93 bits per heavy atom. The molecule has 0 unspecified atom stereocenters. The zero-order chi connectivity index (χ0) is 21.7. The van der Waals surface area contributed by atoms with Gasteiger partial charge in [-0.1, -0.05) is 12.1 Å². The molecule has 1 atom stereocenters. The van der Waals surface area contributed by atoms with Crippen LogP contribution in [0.2, 0.25) is 0 Å². The van der Waals surface area contributed by atoms with Gasteiger partial charge in [0.2, 0.25) is 10.0 Å². The van der Waals surface area contributed by atoms with Gasteiger partial charge in [0.15, 0.2) is 0 Å². The van der Waals surface area contributed by atoms with Crippen molar-refractivity contribution in [2.24, 2.45) is 0 Å². The van der Waals surface area contributed by atoms with Crippen LogP contribution in [0.4, 0.5) is 16.2 Å². The lowest BCUT2D eigenvalue weighted by molar-refractivity contribution is -0.123. The van der Waals surface area contributed by atoms with E-state index in [1.165, 1.54) is 4.31 Å². The highest BCUT2D eigenvalue weighted by Gasteiger charge is 2.43. The summed E-state index contributed by atoms with van der Waals surface area (Å²) in [6.07, 6.45) is 1.69. The Bertz CT molecular complexity index is 1190. The van der Waals surface area contributed by atoms with Gasteiger partial charge in [0, 0.05) is 17.8 Å². The molecule has 0 bridgehead atoms. The van der Waals surface area contributed by atoms with Crippen LogP contribution < -0.4 is 20.3 Å². The molecule has 0 aliphatic carbocycles. The molecule has 2 heterocycles. The number of carbonyl (C=O) groups is 3. The minimum absolute atomic E-state index is 0.355. The lowest BCUT2D eigenvalue weighted by atomic mass is 9.92. The molecule has 156 valence electrons. The van der Waals surface area contributed by atoms with Crippen molar-refractivity contribution in [3.05, 3.63) is 59.2 Å². The summed E-state index contributed by atoms with van der Waals surface area (Å²) >= 11 is 0. The number of hydrogen-bond acceptors (Lipinski definition) is 5. The van der Waals surface area contributed by atoms with Crippen LogP contribution in [0, 0.1) is 0 Å². The van der Waals surface area contributed by atoms with E-state index in [9.17, 15) is 22.8 Å². The number of sulfonamides is 1. The summed E-state index contributed by atoms with van der Waals surface area (Å²) < 4.78 is 25.0. The van der Waals surface area contributed by atoms with Gasteiger partial charge in [0.25, 0.3) is 11.8 Å². The van der Waals surface area contributed by atoms with Crippen molar-refractivity contribution >= 4 is 39.2 Å². The van der Waals surface area contributed by atoms with Crippen molar-refractivity contribution in [2.75, 3.05) is 22.4 Å². The highest BCUT2D eigenvalue weighted by atomic mass is 32.2. The largest absolute Gasteiger partial charge is 0.322 e. The first-order valence-corrected chi connectivity index (χ1v) is 11.1. The van der Waals surface area contributed by atoms with Gasteiger partial charge in [0.05, 0.1) is 11.9 Å². The minimum Gasteiger partial charge on any atom is -0.322 e. The van der Waals surface area contributed by atoms with Crippen LogP contribution in [0.3, 0.4) is 0 Å². The van der Waals surface area contributed by atoms with Gasteiger partial charge in [-0.25, -0.2) is 13.2 Å². The van der Waals surface area contributed by atoms with E-state index in [1.54, 1.807) is 49.4 Å². The third-order valence-electron chi connectivity index (χ3n) is 5.34. The SMILES string of the molecule is C[C@@]1(c2cccc(NC(=O)c3ccc4c(c3)CCN4S(C)(=O)=O)c2)NC(=O)NC1=O. The number of nitrogens with zero attached hydrogens (tertiary/aromatic N) is 1. The monoisotopic (exact) mass is 428 g/mol. The minimum atomic E-state index is -3.35. The summed E-state index contributed by atoms with van der Waals surface area (Å²) in [5.74, 6) is -0.831. The maximum Gasteiger partial charge on any atom is 0.322 e. The van der Waals surface area contributed by atoms with Crippen LogP contribution in [0.25, 0.3) is 0 Å². The topological polar surface area (TPSA) is 125 Å². The highest BCUT2D eigenvalue weighted by Crippen LogP contribution is 2.31. The molecule has 2 aliphatic heterocycles. The van der Waals surface area contributed by atoms with Crippen LogP contribution in [-0.4, -0.2) is 39.1 Å². The smallest absolute Gasteiger partial charge is 0.322 e.